The zero-order chi connectivity index (χ0) is 30.7. The van der Waals surface area contributed by atoms with Crippen LogP contribution in [0.25, 0.3) is 10.9 Å². The fraction of sp³-hybridized carbons (Fsp3) is 0.448. The Bertz CT molecular complexity index is 1420. The van der Waals surface area contributed by atoms with Crippen LogP contribution in [-0.4, -0.2) is 64.2 Å². The van der Waals surface area contributed by atoms with Crippen LogP contribution in [0.15, 0.2) is 47.7 Å². The minimum absolute atomic E-state index is 0.0181. The number of nitrogens with zero attached hydrogens (tertiary/aromatic N) is 4. The van der Waals surface area contributed by atoms with Gasteiger partial charge in [0.15, 0.2) is 11.6 Å². The van der Waals surface area contributed by atoms with E-state index in [0.29, 0.717) is 23.0 Å². The van der Waals surface area contributed by atoms with Gasteiger partial charge in [0.05, 0.1) is 23.5 Å². The largest absolute Gasteiger partial charge is 0.488 e. The molecule has 0 aliphatic carbocycles. The van der Waals surface area contributed by atoms with Crippen molar-refractivity contribution >= 4 is 29.0 Å². The molecule has 1 aromatic carbocycles. The number of benzene rings is 1. The van der Waals surface area contributed by atoms with Crippen LogP contribution in [0.2, 0.25) is 0 Å². The van der Waals surface area contributed by atoms with Crippen LogP contribution in [0.1, 0.15) is 58.3 Å². The van der Waals surface area contributed by atoms with E-state index in [1.165, 1.54) is 35.4 Å². The third-order valence-corrected chi connectivity index (χ3v) is 6.22. The lowest BCUT2D eigenvalue weighted by Gasteiger charge is -2.30. The molecule has 9 nitrogen and oxygen atoms in total. The van der Waals surface area contributed by atoms with E-state index in [0.717, 1.165) is 6.20 Å². The van der Waals surface area contributed by atoms with Gasteiger partial charge in [-0.3, -0.25) is 10.3 Å². The van der Waals surface area contributed by atoms with Crippen molar-refractivity contribution in [2.45, 2.75) is 71.0 Å². The summed E-state index contributed by atoms with van der Waals surface area (Å²) >= 11 is 0. The lowest BCUT2D eigenvalue weighted by molar-refractivity contribution is -0.183. The molecule has 1 saturated heterocycles. The number of hydrogen-bond donors (Lipinski definition) is 2. The molecule has 226 valence electrons. The quantitative estimate of drug-likeness (QED) is 0.183. The van der Waals surface area contributed by atoms with Crippen molar-refractivity contribution in [2.75, 3.05) is 18.5 Å². The molecule has 3 heterocycles. The molecular weight excluding hydrogens is 556 g/mol. The molecule has 0 radical (unpaired) electrons. The van der Waals surface area contributed by atoms with Crippen LogP contribution < -0.4 is 15.5 Å². The number of rotatable bonds is 8. The average Bonchev–Trinajstić information content (AvgIpc) is 3.30. The number of carbonyl (C=O) groups is 1. The summed E-state index contributed by atoms with van der Waals surface area (Å²) in [6, 6.07) is 6.61. The number of carbonyl (C=O) groups excluding carboxylic acids is 1. The Balaban J connectivity index is 1.40. The van der Waals surface area contributed by atoms with Crippen molar-refractivity contribution in [3.63, 3.8) is 0 Å². The number of likely N-dealkylation sites (tertiary alicyclic amines) is 1. The second kappa shape index (κ2) is 12.5. The highest BCUT2D eigenvalue weighted by Gasteiger charge is 2.47. The molecule has 13 heteroatoms. The van der Waals surface area contributed by atoms with E-state index in [2.05, 4.69) is 25.8 Å². The van der Waals surface area contributed by atoms with Crippen LogP contribution >= 0.6 is 0 Å². The predicted molar refractivity (Wildman–Crippen MR) is 151 cm³/mol. The fourth-order valence-corrected chi connectivity index (χ4v) is 4.57. The van der Waals surface area contributed by atoms with Gasteiger partial charge < -0.3 is 14.8 Å². The number of hydrogen-bond acceptors (Lipinski definition) is 8. The monoisotopic (exact) mass is 590 g/mol. The second-order valence-corrected chi connectivity index (χ2v) is 11.3. The van der Waals surface area contributed by atoms with Gasteiger partial charge in [-0.05, 0) is 64.8 Å². The van der Waals surface area contributed by atoms with E-state index >= 15 is 0 Å². The molecule has 0 unspecified atom stereocenters. The standard InChI is InChI=1S/C29H34F4N6O3/c1-17(2)41-24-13-23-18(12-22(24)30)6-8-20(36-23)15-35-38-25-9-7-19(14-34-25)26(29(31,32)33)39-11-10-21(16-39)37-27(40)42-28(3,4)5/h6-9,12-15,17,21,26H,10-11,16H2,1-5H3,(H,34,38)(H,37,40)/b35-15-/t21-,26+/m0/s1. The van der Waals surface area contributed by atoms with E-state index in [1.54, 1.807) is 46.8 Å². The molecule has 2 aromatic heterocycles. The zero-order valence-electron chi connectivity index (χ0n) is 24.0. The summed E-state index contributed by atoms with van der Waals surface area (Å²) in [5.41, 5.74) is 2.93. The van der Waals surface area contributed by atoms with E-state index in [1.807, 2.05) is 0 Å². The molecule has 1 aliphatic heterocycles. The highest BCUT2D eigenvalue weighted by Crippen LogP contribution is 2.39. The maximum atomic E-state index is 14.2. The number of alkyl carbamates (subject to hydrolysis) is 1. The third kappa shape index (κ3) is 8.28. The molecule has 42 heavy (non-hydrogen) atoms. The highest BCUT2D eigenvalue weighted by molar-refractivity contribution is 5.86. The number of nitrogens with one attached hydrogen (secondary N) is 2. The number of alkyl halides is 3. The van der Waals surface area contributed by atoms with Crippen LogP contribution in [0.4, 0.5) is 28.2 Å². The fourth-order valence-electron chi connectivity index (χ4n) is 4.57. The van der Waals surface area contributed by atoms with E-state index in [4.69, 9.17) is 9.47 Å². The van der Waals surface area contributed by atoms with Crippen LogP contribution in [0.3, 0.4) is 0 Å². The number of halogens is 4. The first-order valence-electron chi connectivity index (χ1n) is 13.5. The second-order valence-electron chi connectivity index (χ2n) is 11.3. The van der Waals surface area contributed by atoms with Crippen molar-refractivity contribution < 1.29 is 31.8 Å². The summed E-state index contributed by atoms with van der Waals surface area (Å²) in [5, 5.41) is 7.32. The summed E-state index contributed by atoms with van der Waals surface area (Å²) in [6.07, 6.45) is -2.48. The van der Waals surface area contributed by atoms with Gasteiger partial charge in [0, 0.05) is 36.8 Å². The lowest BCUT2D eigenvalue weighted by atomic mass is 10.1. The first-order chi connectivity index (χ1) is 19.7. The number of hydrazone groups is 1. The molecule has 0 saturated carbocycles. The maximum absolute atomic E-state index is 14.2. The number of amides is 1. The Morgan fingerprint density at radius 2 is 1.93 bits per heavy atom. The molecule has 4 rings (SSSR count). The third-order valence-electron chi connectivity index (χ3n) is 6.22. The average molecular weight is 591 g/mol. The Morgan fingerprint density at radius 3 is 2.57 bits per heavy atom. The van der Waals surface area contributed by atoms with Crippen molar-refractivity contribution in [2.24, 2.45) is 5.10 Å². The topological polar surface area (TPSA) is 101 Å². The smallest absolute Gasteiger partial charge is 0.408 e. The zero-order valence-corrected chi connectivity index (χ0v) is 24.0. The highest BCUT2D eigenvalue weighted by atomic mass is 19.4. The molecule has 1 aliphatic rings. The first-order valence-corrected chi connectivity index (χ1v) is 13.5. The molecule has 3 aromatic rings. The molecule has 2 N–H and O–H groups in total. The van der Waals surface area contributed by atoms with E-state index in [9.17, 15) is 22.4 Å². The maximum Gasteiger partial charge on any atom is 0.408 e. The summed E-state index contributed by atoms with van der Waals surface area (Å²) in [6.45, 7) is 8.90. The normalized spacial score (nSPS) is 17.1. The van der Waals surface area contributed by atoms with Crippen LogP contribution in [-0.2, 0) is 4.74 Å². The minimum Gasteiger partial charge on any atom is -0.488 e. The summed E-state index contributed by atoms with van der Waals surface area (Å²) in [7, 11) is 0. The Hall–Kier alpha value is -4.00. The summed E-state index contributed by atoms with van der Waals surface area (Å²) < 4.78 is 67.3. The van der Waals surface area contributed by atoms with Gasteiger partial charge in [0.1, 0.15) is 17.5 Å². The van der Waals surface area contributed by atoms with Crippen LogP contribution in [0, 0.1) is 5.82 Å². The van der Waals surface area contributed by atoms with Gasteiger partial charge in [-0.15, -0.1) is 0 Å². The van der Waals surface area contributed by atoms with Gasteiger partial charge in [-0.1, -0.05) is 12.1 Å². The number of fused-ring (bicyclic) bond motifs is 1. The molecule has 0 bridgehead atoms. The van der Waals surface area contributed by atoms with Crippen LogP contribution in [0.5, 0.6) is 5.75 Å². The van der Waals surface area contributed by atoms with Gasteiger partial charge in [-0.25, -0.2) is 19.2 Å². The van der Waals surface area contributed by atoms with Gasteiger partial charge >= 0.3 is 12.3 Å². The van der Waals surface area contributed by atoms with E-state index < -0.39 is 35.8 Å². The van der Waals surface area contributed by atoms with Crippen molar-refractivity contribution in [3.05, 3.63) is 59.7 Å². The number of aromatic nitrogens is 2. The Labute approximate surface area is 241 Å². The summed E-state index contributed by atoms with van der Waals surface area (Å²) in [4.78, 5) is 21.9. The molecule has 0 spiro atoms. The number of pyridine rings is 2. The number of ether oxygens (including phenoxy) is 2. The minimum atomic E-state index is -4.56. The first kappa shape index (κ1) is 30.9. The molecular formula is C29H34F4N6O3. The van der Waals surface area contributed by atoms with Gasteiger partial charge in [-0.2, -0.15) is 18.3 Å². The summed E-state index contributed by atoms with van der Waals surface area (Å²) in [5.74, 6) is -0.148. The number of anilines is 1. The predicted octanol–water partition coefficient (Wildman–Crippen LogP) is 6.20. The molecule has 1 amide bonds. The van der Waals surface area contributed by atoms with Crippen molar-refractivity contribution in [3.8, 4) is 5.75 Å². The van der Waals surface area contributed by atoms with Crippen molar-refractivity contribution in [1.82, 2.24) is 20.2 Å². The van der Waals surface area contributed by atoms with Gasteiger partial charge in [0.2, 0.25) is 0 Å². The molecule has 1 fully saturated rings. The Kier molecular flexibility index (Phi) is 9.19. The molecule has 2 atom stereocenters. The van der Waals surface area contributed by atoms with Gasteiger partial charge in [0.25, 0.3) is 0 Å². The Morgan fingerprint density at radius 1 is 1.17 bits per heavy atom. The van der Waals surface area contributed by atoms with Crippen molar-refractivity contribution in [1.29, 1.82) is 0 Å². The lowest BCUT2D eigenvalue weighted by Crippen LogP contribution is -2.42. The SMILES string of the molecule is CC(C)Oc1cc2nc(/C=N\Nc3ccc([C@@H](N4CC[C@H](NC(=O)OC(C)(C)C)C4)C(F)(F)F)cn3)ccc2cc1F. The van der Waals surface area contributed by atoms with E-state index in [-0.39, 0.29) is 36.3 Å².